The zero-order chi connectivity index (χ0) is 21.7. The molecule has 0 rings (SSSR count). The first-order chi connectivity index (χ1) is 13.0. The Hall–Kier alpha value is -2.49. The molecule has 0 fully saturated rings. The second-order valence-corrected chi connectivity index (χ2v) is 6.28. The zero-order valence-corrected chi connectivity index (χ0v) is 16.8. The third kappa shape index (κ3) is 11.3. The summed E-state index contributed by atoms with van der Waals surface area (Å²) in [4.78, 5) is 34.1. The molecule has 0 aliphatic heterocycles. The van der Waals surface area contributed by atoms with Gasteiger partial charge in [-0.1, -0.05) is 19.7 Å². The summed E-state index contributed by atoms with van der Waals surface area (Å²) in [6.07, 6.45) is 0. The first-order valence-electron chi connectivity index (χ1n) is 8.26. The molecule has 158 valence electrons. The largest absolute Gasteiger partial charge is 0.435 e. The average molecular weight is 400 g/mol. The Balaban J connectivity index is 4.57. The molecule has 0 N–H and O–H groups in total. The van der Waals surface area contributed by atoms with E-state index in [0.29, 0.717) is 0 Å². The van der Waals surface area contributed by atoms with Crippen LogP contribution < -0.4 is 0 Å². The molecule has 9 heteroatoms. The summed E-state index contributed by atoms with van der Waals surface area (Å²) < 4.78 is 30.6. The third-order valence-electron chi connectivity index (χ3n) is 3.00. The number of esters is 3. The van der Waals surface area contributed by atoms with Crippen molar-refractivity contribution >= 4 is 17.9 Å². The maximum atomic E-state index is 11.4. The molecule has 0 saturated carbocycles. The summed E-state index contributed by atoms with van der Waals surface area (Å²) in [7, 11) is 0. The highest BCUT2D eigenvalue weighted by Crippen LogP contribution is 2.13. The molecule has 0 aliphatic rings. The van der Waals surface area contributed by atoms with Gasteiger partial charge in [0, 0.05) is 16.7 Å². The monoisotopic (exact) mass is 400 g/mol. The maximum absolute atomic E-state index is 11.4. The van der Waals surface area contributed by atoms with E-state index < -0.39 is 23.5 Å². The van der Waals surface area contributed by atoms with E-state index in [4.69, 9.17) is 28.4 Å². The summed E-state index contributed by atoms with van der Waals surface area (Å²) in [5, 5.41) is 0. The molecule has 0 aromatic heterocycles. The van der Waals surface area contributed by atoms with Gasteiger partial charge in [-0.2, -0.15) is 0 Å². The van der Waals surface area contributed by atoms with Crippen molar-refractivity contribution in [3.63, 3.8) is 0 Å². The normalized spacial score (nSPS) is 10.7. The van der Waals surface area contributed by atoms with Crippen LogP contribution in [0.15, 0.2) is 36.5 Å². The van der Waals surface area contributed by atoms with Crippen LogP contribution in [0.4, 0.5) is 0 Å². The third-order valence-corrected chi connectivity index (χ3v) is 3.00. The molecular weight excluding hydrogens is 372 g/mol. The summed E-state index contributed by atoms with van der Waals surface area (Å²) in [6, 6.07) is 0. The average Bonchev–Trinajstić information content (AvgIpc) is 2.61. The van der Waals surface area contributed by atoms with Gasteiger partial charge in [0.2, 0.25) is 0 Å². The minimum atomic E-state index is -1.10. The Morgan fingerprint density at radius 1 is 0.679 bits per heavy atom. The van der Waals surface area contributed by atoms with Gasteiger partial charge in [-0.05, 0) is 27.7 Å². The quantitative estimate of drug-likeness (QED) is 0.142. The van der Waals surface area contributed by atoms with Gasteiger partial charge in [0.1, 0.15) is 5.60 Å². The highest BCUT2D eigenvalue weighted by atomic mass is 16.7. The van der Waals surface area contributed by atoms with E-state index in [1.807, 2.05) is 0 Å². The molecule has 28 heavy (non-hydrogen) atoms. The molecule has 9 nitrogen and oxygen atoms in total. The summed E-state index contributed by atoms with van der Waals surface area (Å²) in [6.45, 7) is 15.3. The molecule has 0 aromatic carbocycles. The Morgan fingerprint density at radius 3 is 1.32 bits per heavy atom. The molecule has 0 bridgehead atoms. The van der Waals surface area contributed by atoms with E-state index in [-0.39, 0.29) is 50.3 Å². The highest BCUT2D eigenvalue weighted by Gasteiger charge is 2.27. The molecule has 0 unspecified atom stereocenters. The summed E-state index contributed by atoms with van der Waals surface area (Å²) in [5.74, 6) is -1.81. The molecule has 0 radical (unpaired) electrons. The van der Waals surface area contributed by atoms with Gasteiger partial charge in [-0.15, -0.1) is 0 Å². The van der Waals surface area contributed by atoms with Crippen molar-refractivity contribution in [2.24, 2.45) is 0 Å². The maximum Gasteiger partial charge on any atom is 0.335 e. The van der Waals surface area contributed by atoms with Gasteiger partial charge in [0.15, 0.2) is 20.4 Å². The van der Waals surface area contributed by atoms with E-state index in [1.165, 1.54) is 20.8 Å². The standard InChI is InChI=1S/C19H28O9/c1-13(2)16(20)25-10-23-8-19(7,28-12-27-18(22)15(5)6)9-24-11-26-17(21)14(3)4/h1,3,5,8-12H2,2,4,6-7H3. The number of carbonyl (C=O) groups excluding carboxylic acids is 3. The zero-order valence-electron chi connectivity index (χ0n) is 16.8. The van der Waals surface area contributed by atoms with Crippen LogP contribution in [0.1, 0.15) is 27.7 Å². The van der Waals surface area contributed by atoms with Crippen molar-refractivity contribution in [1.82, 2.24) is 0 Å². The number of carbonyl (C=O) groups is 3. The van der Waals surface area contributed by atoms with Crippen molar-refractivity contribution in [1.29, 1.82) is 0 Å². The molecule has 0 atom stereocenters. The lowest BCUT2D eigenvalue weighted by Crippen LogP contribution is -2.41. The second-order valence-electron chi connectivity index (χ2n) is 6.28. The molecule has 0 amide bonds. The van der Waals surface area contributed by atoms with Crippen LogP contribution in [-0.4, -0.2) is 57.1 Å². The fraction of sp³-hybridized carbons (Fsp3) is 0.526. The lowest BCUT2D eigenvalue weighted by Gasteiger charge is -2.29. The molecule has 0 spiro atoms. The molecular formula is C19H28O9. The first kappa shape index (κ1) is 25.5. The van der Waals surface area contributed by atoms with E-state index in [2.05, 4.69) is 19.7 Å². The summed E-state index contributed by atoms with van der Waals surface area (Å²) >= 11 is 0. The Labute approximate surface area is 164 Å². The minimum Gasteiger partial charge on any atom is -0.435 e. The number of rotatable bonds is 14. The van der Waals surface area contributed by atoms with Gasteiger partial charge in [-0.25, -0.2) is 14.4 Å². The molecule has 0 aliphatic carbocycles. The first-order valence-corrected chi connectivity index (χ1v) is 8.26. The van der Waals surface area contributed by atoms with E-state index in [1.54, 1.807) is 6.92 Å². The van der Waals surface area contributed by atoms with Gasteiger partial charge in [0.05, 0.1) is 13.2 Å². The van der Waals surface area contributed by atoms with Crippen LogP contribution in [0, 0.1) is 0 Å². The van der Waals surface area contributed by atoms with Gasteiger partial charge >= 0.3 is 17.9 Å². The van der Waals surface area contributed by atoms with Crippen molar-refractivity contribution in [3.8, 4) is 0 Å². The lowest BCUT2D eigenvalue weighted by molar-refractivity contribution is -0.207. The minimum absolute atomic E-state index is 0.0739. The number of hydrogen-bond acceptors (Lipinski definition) is 9. The molecule has 0 aromatic rings. The van der Waals surface area contributed by atoms with Gasteiger partial charge in [-0.3, -0.25) is 0 Å². The van der Waals surface area contributed by atoms with Crippen LogP contribution in [0.2, 0.25) is 0 Å². The fourth-order valence-electron chi connectivity index (χ4n) is 1.43. The van der Waals surface area contributed by atoms with Crippen molar-refractivity contribution in [2.75, 3.05) is 33.6 Å². The topological polar surface area (TPSA) is 107 Å². The number of ether oxygens (including phenoxy) is 6. The Morgan fingerprint density at radius 2 is 1.00 bits per heavy atom. The van der Waals surface area contributed by atoms with Crippen LogP contribution in [0.3, 0.4) is 0 Å². The Bertz CT molecular complexity index is 573. The predicted molar refractivity (Wildman–Crippen MR) is 98.7 cm³/mol. The van der Waals surface area contributed by atoms with Crippen molar-refractivity contribution in [2.45, 2.75) is 33.3 Å². The van der Waals surface area contributed by atoms with Crippen molar-refractivity contribution < 1.29 is 42.8 Å². The molecule has 0 heterocycles. The van der Waals surface area contributed by atoms with Gasteiger partial charge < -0.3 is 28.4 Å². The molecule has 0 saturated heterocycles. The summed E-state index contributed by atoms with van der Waals surface area (Å²) in [5.41, 5.74) is -0.411. The lowest BCUT2D eigenvalue weighted by atomic mass is 10.1. The van der Waals surface area contributed by atoms with Gasteiger partial charge in [0.25, 0.3) is 0 Å². The second kappa shape index (κ2) is 12.8. The van der Waals surface area contributed by atoms with E-state index in [0.717, 1.165) is 0 Å². The predicted octanol–water partition coefficient (Wildman–Crippen LogP) is 2.03. The van der Waals surface area contributed by atoms with Crippen LogP contribution in [0.5, 0.6) is 0 Å². The Kier molecular flexibility index (Phi) is 11.7. The van der Waals surface area contributed by atoms with Crippen LogP contribution in [-0.2, 0) is 42.8 Å². The van der Waals surface area contributed by atoms with Crippen molar-refractivity contribution in [3.05, 3.63) is 36.5 Å². The van der Waals surface area contributed by atoms with Crippen LogP contribution >= 0.6 is 0 Å². The van der Waals surface area contributed by atoms with E-state index >= 15 is 0 Å². The smallest absolute Gasteiger partial charge is 0.335 e. The highest BCUT2D eigenvalue weighted by molar-refractivity contribution is 5.87. The SMILES string of the molecule is C=C(C)C(=O)OCOCC(C)(COCOC(=O)C(=C)C)OCOC(=O)C(=C)C. The number of hydrogen-bond donors (Lipinski definition) is 0. The fourth-order valence-corrected chi connectivity index (χ4v) is 1.43. The van der Waals surface area contributed by atoms with Crippen LogP contribution in [0.25, 0.3) is 0 Å². The van der Waals surface area contributed by atoms with E-state index in [9.17, 15) is 14.4 Å².